The summed E-state index contributed by atoms with van der Waals surface area (Å²) in [7, 11) is 0. The molecule has 14 nitrogen and oxygen atoms in total. The van der Waals surface area contributed by atoms with E-state index in [9.17, 15) is 24.0 Å². The van der Waals surface area contributed by atoms with E-state index in [-0.39, 0.29) is 0 Å². The fourth-order valence-electron chi connectivity index (χ4n) is 2.65. The highest BCUT2D eigenvalue weighted by atomic mass is 16.7. The largest absolute Gasteiger partial charge is 0.463 e. The molecule has 1 heterocycles. The zero-order valence-corrected chi connectivity index (χ0v) is 16.7. The monoisotopic (exact) mass is 430 g/mol. The number of rotatable bonds is 8. The Morgan fingerprint density at radius 1 is 0.933 bits per heavy atom. The molecule has 1 aliphatic rings. The van der Waals surface area contributed by atoms with Gasteiger partial charge in [-0.15, -0.1) is 0 Å². The quantitative estimate of drug-likeness (QED) is 0.172. The van der Waals surface area contributed by atoms with Crippen molar-refractivity contribution in [2.45, 2.75) is 58.3 Å². The Kier molecular flexibility index (Phi) is 9.52. The Morgan fingerprint density at radius 3 is 2.00 bits per heavy atom. The van der Waals surface area contributed by atoms with E-state index in [0.717, 1.165) is 27.7 Å². The number of carbonyl (C=O) groups excluding carboxylic acids is 5. The summed E-state index contributed by atoms with van der Waals surface area (Å²) >= 11 is 0. The molecule has 0 radical (unpaired) electrons. The first-order valence-corrected chi connectivity index (χ1v) is 8.65. The van der Waals surface area contributed by atoms with Crippen molar-refractivity contribution >= 4 is 29.8 Å². The minimum absolute atomic E-state index is 0.428. The van der Waals surface area contributed by atoms with Gasteiger partial charge in [0.25, 0.3) is 0 Å². The highest BCUT2D eigenvalue weighted by molar-refractivity contribution is 5.79. The Balaban J connectivity index is 3.33. The first-order valence-electron chi connectivity index (χ1n) is 8.65. The standard InChI is InChI=1S/C16H22N4O10/c1-7(21)26-6-11-14(27-8(2)22)15(28-9(3)23)13(16(30-11)29-10(4)24)19-12(25)5-18-20-17/h11,13-16H,5-6H2,1-4H3,(H,19,25)/t11?,13?,14-,15?,16+/m0/s1. The number of nitrogens with zero attached hydrogens (tertiary/aromatic N) is 3. The van der Waals surface area contributed by atoms with E-state index in [0.29, 0.717) is 0 Å². The molecule has 1 saturated heterocycles. The summed E-state index contributed by atoms with van der Waals surface area (Å²) in [5, 5.41) is 5.48. The number of amides is 1. The summed E-state index contributed by atoms with van der Waals surface area (Å²) in [6.45, 7) is 3.32. The molecule has 30 heavy (non-hydrogen) atoms. The SMILES string of the molecule is CC(=O)OCC1O[C@@H](OC(C)=O)C(NC(=O)CN=[N+]=[N-])C(OC(C)=O)[C@H]1OC(C)=O. The minimum atomic E-state index is -1.51. The van der Waals surface area contributed by atoms with Crippen LogP contribution in [0.15, 0.2) is 5.11 Å². The maximum absolute atomic E-state index is 12.1. The first-order chi connectivity index (χ1) is 14.0. The van der Waals surface area contributed by atoms with Gasteiger partial charge < -0.3 is 29.0 Å². The fourth-order valence-corrected chi connectivity index (χ4v) is 2.65. The topological polar surface area (TPSA) is 192 Å². The number of ether oxygens (including phenoxy) is 5. The van der Waals surface area contributed by atoms with Crippen molar-refractivity contribution in [3.63, 3.8) is 0 Å². The summed E-state index contributed by atoms with van der Waals surface area (Å²) in [6.07, 6.45) is -5.42. The van der Waals surface area contributed by atoms with Crippen LogP contribution in [0.1, 0.15) is 27.7 Å². The van der Waals surface area contributed by atoms with Crippen molar-refractivity contribution in [2.75, 3.05) is 13.2 Å². The van der Waals surface area contributed by atoms with Crippen LogP contribution in [0.2, 0.25) is 0 Å². The Bertz CT molecular complexity index is 736. The normalized spacial score (nSPS) is 25.1. The third-order valence-corrected chi connectivity index (χ3v) is 3.59. The molecule has 5 atom stereocenters. The molecule has 0 spiro atoms. The maximum atomic E-state index is 12.1. The van der Waals surface area contributed by atoms with Gasteiger partial charge in [0.15, 0.2) is 12.2 Å². The predicted octanol–water partition coefficient (Wildman–Crippen LogP) is -0.504. The molecule has 166 valence electrons. The summed E-state index contributed by atoms with van der Waals surface area (Å²) in [4.78, 5) is 60.5. The molecular weight excluding hydrogens is 408 g/mol. The van der Waals surface area contributed by atoms with Crippen molar-refractivity contribution in [2.24, 2.45) is 5.11 Å². The van der Waals surface area contributed by atoms with Gasteiger partial charge in [-0.25, -0.2) is 0 Å². The number of nitrogens with one attached hydrogen (secondary N) is 1. The van der Waals surface area contributed by atoms with E-state index in [1.54, 1.807) is 0 Å². The lowest BCUT2D eigenvalue weighted by Gasteiger charge is -2.44. The van der Waals surface area contributed by atoms with Gasteiger partial charge in [-0.3, -0.25) is 24.0 Å². The second kappa shape index (κ2) is 11.6. The molecule has 14 heteroatoms. The van der Waals surface area contributed by atoms with Crippen LogP contribution in [0, 0.1) is 0 Å². The average molecular weight is 430 g/mol. The van der Waals surface area contributed by atoms with Crippen molar-refractivity contribution in [1.82, 2.24) is 5.32 Å². The second-order valence-electron chi connectivity index (χ2n) is 6.09. The molecule has 1 rings (SSSR count). The number of hydrogen-bond acceptors (Lipinski definition) is 11. The van der Waals surface area contributed by atoms with Crippen molar-refractivity contribution in [3.05, 3.63) is 10.4 Å². The van der Waals surface area contributed by atoms with E-state index in [1.165, 1.54) is 0 Å². The third-order valence-electron chi connectivity index (χ3n) is 3.59. The van der Waals surface area contributed by atoms with Crippen LogP contribution in [0.25, 0.3) is 10.4 Å². The van der Waals surface area contributed by atoms with Gasteiger partial charge in [0.2, 0.25) is 12.2 Å². The van der Waals surface area contributed by atoms with Gasteiger partial charge in [-0.1, -0.05) is 5.11 Å². The van der Waals surface area contributed by atoms with Crippen LogP contribution in [0.5, 0.6) is 0 Å². The van der Waals surface area contributed by atoms with Crippen LogP contribution in [-0.2, 0) is 47.7 Å². The van der Waals surface area contributed by atoms with Gasteiger partial charge >= 0.3 is 23.9 Å². The Morgan fingerprint density at radius 2 is 1.50 bits per heavy atom. The molecule has 3 unspecified atom stereocenters. The molecule has 1 amide bonds. The average Bonchev–Trinajstić information content (AvgIpc) is 2.62. The van der Waals surface area contributed by atoms with E-state index >= 15 is 0 Å². The number of esters is 4. The lowest BCUT2D eigenvalue weighted by atomic mass is 9.96. The molecule has 1 aliphatic heterocycles. The second-order valence-corrected chi connectivity index (χ2v) is 6.09. The van der Waals surface area contributed by atoms with Gasteiger partial charge in [0.1, 0.15) is 25.3 Å². The smallest absolute Gasteiger partial charge is 0.305 e. The Hall–Kier alpha value is -3.38. The lowest BCUT2D eigenvalue weighted by Crippen LogP contribution is -2.67. The van der Waals surface area contributed by atoms with Crippen LogP contribution in [0.3, 0.4) is 0 Å². The number of hydrogen-bond donors (Lipinski definition) is 1. The summed E-state index contributed by atoms with van der Waals surface area (Å²) in [5.74, 6) is -3.86. The molecule has 0 bridgehead atoms. The van der Waals surface area contributed by atoms with E-state index in [2.05, 4.69) is 15.3 Å². The molecule has 1 N–H and O–H groups in total. The van der Waals surface area contributed by atoms with E-state index < -0.39 is 73.6 Å². The van der Waals surface area contributed by atoms with Crippen LogP contribution in [-0.4, -0.2) is 73.6 Å². The molecule has 0 aromatic carbocycles. The zero-order chi connectivity index (χ0) is 22.8. The molecular formula is C16H22N4O10. The first kappa shape index (κ1) is 24.7. The van der Waals surface area contributed by atoms with Crippen molar-refractivity contribution in [1.29, 1.82) is 0 Å². The molecule has 0 saturated carbocycles. The van der Waals surface area contributed by atoms with E-state index in [4.69, 9.17) is 29.2 Å². The third kappa shape index (κ3) is 7.93. The molecule has 1 fully saturated rings. The maximum Gasteiger partial charge on any atom is 0.305 e. The van der Waals surface area contributed by atoms with E-state index in [1.807, 2.05) is 0 Å². The van der Waals surface area contributed by atoms with Gasteiger partial charge in [-0.2, -0.15) is 0 Å². The highest BCUT2D eigenvalue weighted by Gasteiger charge is 2.52. The number of carbonyl (C=O) groups is 5. The number of azide groups is 1. The molecule has 0 aromatic heterocycles. The summed E-state index contributed by atoms with van der Waals surface area (Å²) < 4.78 is 25.9. The molecule has 0 aliphatic carbocycles. The highest BCUT2D eigenvalue weighted by Crippen LogP contribution is 2.28. The van der Waals surface area contributed by atoms with Gasteiger partial charge in [-0.05, 0) is 5.53 Å². The van der Waals surface area contributed by atoms with Crippen LogP contribution < -0.4 is 5.32 Å². The fraction of sp³-hybridized carbons (Fsp3) is 0.688. The van der Waals surface area contributed by atoms with Gasteiger partial charge in [0.05, 0.1) is 0 Å². The predicted molar refractivity (Wildman–Crippen MR) is 94.1 cm³/mol. The van der Waals surface area contributed by atoms with Crippen LogP contribution >= 0.6 is 0 Å². The van der Waals surface area contributed by atoms with Crippen molar-refractivity contribution < 1.29 is 47.7 Å². The lowest BCUT2D eigenvalue weighted by molar-refractivity contribution is -0.271. The van der Waals surface area contributed by atoms with Crippen LogP contribution in [0.4, 0.5) is 0 Å². The zero-order valence-electron chi connectivity index (χ0n) is 16.7. The minimum Gasteiger partial charge on any atom is -0.463 e. The summed E-state index contributed by atoms with van der Waals surface area (Å²) in [5.41, 5.74) is 8.36. The molecule has 0 aromatic rings. The van der Waals surface area contributed by atoms with Gasteiger partial charge in [0, 0.05) is 32.6 Å². The Labute approximate surface area is 170 Å². The summed E-state index contributed by atoms with van der Waals surface area (Å²) in [6, 6.07) is -1.34. The van der Waals surface area contributed by atoms with Crippen molar-refractivity contribution in [3.8, 4) is 0 Å².